The third-order valence-corrected chi connectivity index (χ3v) is 6.72. The topological polar surface area (TPSA) is 84.9 Å². The zero-order chi connectivity index (χ0) is 22.6. The summed E-state index contributed by atoms with van der Waals surface area (Å²) in [6, 6.07) is 10.9. The summed E-state index contributed by atoms with van der Waals surface area (Å²) in [5, 5.41) is 2.92. The number of rotatable bonds is 8. The maximum absolute atomic E-state index is 12.8. The first-order valence-corrected chi connectivity index (χ1v) is 12.2. The van der Waals surface area contributed by atoms with Crippen LogP contribution in [0, 0.1) is 0 Å². The van der Waals surface area contributed by atoms with Crippen molar-refractivity contribution in [1.29, 1.82) is 0 Å². The molecule has 0 radical (unpaired) electrons. The maximum atomic E-state index is 12.8. The van der Waals surface area contributed by atoms with Crippen molar-refractivity contribution < 1.29 is 22.7 Å². The van der Waals surface area contributed by atoms with Gasteiger partial charge in [0.25, 0.3) is 0 Å². The summed E-state index contributed by atoms with van der Waals surface area (Å²) < 4.78 is 36.5. The molecule has 0 fully saturated rings. The standard InChI is InChI=1S/C23H30N2O5S/c1-16(18-10-9-17-7-5-6-8-19(17)13-18)24-23(26)15-25(31(4,27)28)21-12-11-20(29-2)14-22(21)30-3/h9-14,16H,5-8,15H2,1-4H3,(H,24,26). The number of hydrogen-bond acceptors (Lipinski definition) is 5. The van der Waals surface area contributed by atoms with E-state index in [9.17, 15) is 13.2 Å². The van der Waals surface area contributed by atoms with Gasteiger partial charge >= 0.3 is 0 Å². The van der Waals surface area contributed by atoms with E-state index in [2.05, 4.69) is 17.4 Å². The summed E-state index contributed by atoms with van der Waals surface area (Å²) in [5.41, 5.74) is 4.01. The highest BCUT2D eigenvalue weighted by atomic mass is 32.2. The van der Waals surface area contributed by atoms with E-state index in [1.165, 1.54) is 38.2 Å². The van der Waals surface area contributed by atoms with Crippen molar-refractivity contribution in [2.75, 3.05) is 31.3 Å². The number of benzene rings is 2. The second kappa shape index (κ2) is 9.60. The Kier molecular flexibility index (Phi) is 7.10. The maximum Gasteiger partial charge on any atom is 0.241 e. The summed E-state index contributed by atoms with van der Waals surface area (Å²) in [7, 11) is -0.772. The van der Waals surface area contributed by atoms with Crippen molar-refractivity contribution in [3.05, 3.63) is 53.1 Å². The normalized spacial score (nSPS) is 14.3. The van der Waals surface area contributed by atoms with Gasteiger partial charge in [-0.3, -0.25) is 9.10 Å². The van der Waals surface area contributed by atoms with E-state index in [1.807, 2.05) is 13.0 Å². The fourth-order valence-electron chi connectivity index (χ4n) is 3.90. The molecule has 2 aromatic rings. The molecule has 0 aromatic heterocycles. The Balaban J connectivity index is 1.77. The van der Waals surface area contributed by atoms with Gasteiger partial charge in [0.1, 0.15) is 18.0 Å². The lowest BCUT2D eigenvalue weighted by molar-refractivity contribution is -0.120. The summed E-state index contributed by atoms with van der Waals surface area (Å²) in [6.07, 6.45) is 5.63. The molecule has 0 heterocycles. The zero-order valence-electron chi connectivity index (χ0n) is 18.5. The second-order valence-corrected chi connectivity index (χ2v) is 9.74. The molecule has 0 bridgehead atoms. The van der Waals surface area contributed by atoms with Gasteiger partial charge in [-0.2, -0.15) is 0 Å². The molecule has 3 rings (SSSR count). The number of nitrogens with one attached hydrogen (secondary N) is 1. The Hall–Kier alpha value is -2.74. The van der Waals surface area contributed by atoms with Crippen LogP contribution in [0.2, 0.25) is 0 Å². The van der Waals surface area contributed by atoms with Crippen molar-refractivity contribution in [1.82, 2.24) is 5.32 Å². The molecular formula is C23H30N2O5S. The first-order valence-electron chi connectivity index (χ1n) is 10.3. The smallest absolute Gasteiger partial charge is 0.241 e. The highest BCUT2D eigenvalue weighted by Crippen LogP contribution is 2.33. The number of aryl methyl sites for hydroxylation is 2. The van der Waals surface area contributed by atoms with Crippen molar-refractivity contribution in [2.24, 2.45) is 0 Å². The van der Waals surface area contributed by atoms with E-state index >= 15 is 0 Å². The van der Waals surface area contributed by atoms with Crippen molar-refractivity contribution in [3.8, 4) is 11.5 Å². The van der Waals surface area contributed by atoms with Gasteiger partial charge in [-0.25, -0.2) is 8.42 Å². The third kappa shape index (κ3) is 5.50. The van der Waals surface area contributed by atoms with Crippen LogP contribution in [-0.4, -0.2) is 41.3 Å². The Morgan fingerprint density at radius 2 is 1.77 bits per heavy atom. The quantitative estimate of drug-likeness (QED) is 0.673. The highest BCUT2D eigenvalue weighted by molar-refractivity contribution is 7.92. The summed E-state index contributed by atoms with van der Waals surface area (Å²) in [6.45, 7) is 1.55. The number of fused-ring (bicyclic) bond motifs is 1. The molecule has 0 spiro atoms. The Morgan fingerprint density at radius 3 is 2.42 bits per heavy atom. The van der Waals surface area contributed by atoms with Crippen LogP contribution in [-0.2, 0) is 27.7 Å². The number of ether oxygens (including phenoxy) is 2. The van der Waals surface area contributed by atoms with E-state index in [4.69, 9.17) is 9.47 Å². The summed E-state index contributed by atoms with van der Waals surface area (Å²) in [5.74, 6) is 0.438. The Bertz CT molecular complexity index is 1050. The van der Waals surface area contributed by atoms with E-state index in [0.717, 1.165) is 29.0 Å². The minimum Gasteiger partial charge on any atom is -0.497 e. The molecule has 1 aliphatic carbocycles. The first kappa shape index (κ1) is 22.9. The van der Waals surface area contributed by atoms with Gasteiger partial charge in [0.05, 0.1) is 32.2 Å². The second-order valence-electron chi connectivity index (χ2n) is 7.83. The number of carbonyl (C=O) groups is 1. The number of sulfonamides is 1. The van der Waals surface area contributed by atoms with Crippen LogP contribution in [0.5, 0.6) is 11.5 Å². The monoisotopic (exact) mass is 446 g/mol. The van der Waals surface area contributed by atoms with Gasteiger partial charge < -0.3 is 14.8 Å². The number of anilines is 1. The zero-order valence-corrected chi connectivity index (χ0v) is 19.3. The molecule has 168 valence electrons. The lowest BCUT2D eigenvalue weighted by atomic mass is 9.89. The predicted molar refractivity (Wildman–Crippen MR) is 121 cm³/mol. The molecule has 0 aliphatic heterocycles. The first-order chi connectivity index (χ1) is 14.7. The lowest BCUT2D eigenvalue weighted by Crippen LogP contribution is -2.41. The molecule has 8 heteroatoms. The van der Waals surface area contributed by atoms with E-state index < -0.39 is 15.9 Å². The van der Waals surface area contributed by atoms with Gasteiger partial charge in [-0.15, -0.1) is 0 Å². The van der Waals surface area contributed by atoms with E-state index in [-0.39, 0.29) is 18.3 Å². The van der Waals surface area contributed by atoms with Gasteiger partial charge in [-0.05, 0) is 61.4 Å². The van der Waals surface area contributed by atoms with Crippen LogP contribution in [0.25, 0.3) is 0 Å². The van der Waals surface area contributed by atoms with Gasteiger partial charge in [0, 0.05) is 6.07 Å². The van der Waals surface area contributed by atoms with Crippen molar-refractivity contribution >= 4 is 21.6 Å². The summed E-state index contributed by atoms with van der Waals surface area (Å²) in [4.78, 5) is 12.8. The molecule has 0 saturated heterocycles. The Labute approximate surface area is 184 Å². The number of hydrogen-bond donors (Lipinski definition) is 1. The number of carbonyl (C=O) groups excluding carboxylic acids is 1. The van der Waals surface area contributed by atoms with Gasteiger partial charge in [0.15, 0.2) is 0 Å². The molecule has 1 N–H and O–H groups in total. The van der Waals surface area contributed by atoms with Crippen LogP contribution < -0.4 is 19.1 Å². The average molecular weight is 447 g/mol. The number of methoxy groups -OCH3 is 2. The highest BCUT2D eigenvalue weighted by Gasteiger charge is 2.25. The van der Waals surface area contributed by atoms with E-state index in [0.29, 0.717) is 11.5 Å². The van der Waals surface area contributed by atoms with E-state index in [1.54, 1.807) is 18.2 Å². The number of nitrogens with zero attached hydrogens (tertiary/aromatic N) is 1. The van der Waals surface area contributed by atoms with Crippen molar-refractivity contribution in [3.63, 3.8) is 0 Å². The fraction of sp³-hybridized carbons (Fsp3) is 0.435. The molecule has 2 aromatic carbocycles. The SMILES string of the molecule is COc1ccc(N(CC(=O)NC(C)c2ccc3c(c2)CCCC3)S(C)(=O)=O)c(OC)c1. The van der Waals surface area contributed by atoms with Gasteiger partial charge in [0.2, 0.25) is 15.9 Å². The van der Waals surface area contributed by atoms with Gasteiger partial charge in [-0.1, -0.05) is 18.2 Å². The van der Waals surface area contributed by atoms with Crippen LogP contribution >= 0.6 is 0 Å². The molecule has 1 amide bonds. The fourth-order valence-corrected chi connectivity index (χ4v) is 4.76. The summed E-state index contributed by atoms with van der Waals surface area (Å²) >= 11 is 0. The molecular weight excluding hydrogens is 416 g/mol. The van der Waals surface area contributed by atoms with Crippen molar-refractivity contribution in [2.45, 2.75) is 38.6 Å². The molecule has 7 nitrogen and oxygen atoms in total. The minimum atomic E-state index is -3.73. The third-order valence-electron chi connectivity index (χ3n) is 5.59. The minimum absolute atomic E-state index is 0.237. The molecule has 1 aliphatic rings. The molecule has 1 unspecified atom stereocenters. The van der Waals surface area contributed by atoms with Crippen LogP contribution in [0.4, 0.5) is 5.69 Å². The Morgan fingerprint density at radius 1 is 1.06 bits per heavy atom. The largest absolute Gasteiger partial charge is 0.497 e. The number of amides is 1. The lowest BCUT2D eigenvalue weighted by Gasteiger charge is -2.25. The van der Waals surface area contributed by atoms with Crippen LogP contribution in [0.1, 0.15) is 42.5 Å². The molecule has 1 atom stereocenters. The van der Waals surface area contributed by atoms with Crippen LogP contribution in [0.3, 0.4) is 0 Å². The molecule has 0 saturated carbocycles. The van der Waals surface area contributed by atoms with Crippen LogP contribution in [0.15, 0.2) is 36.4 Å². The molecule has 31 heavy (non-hydrogen) atoms. The predicted octanol–water partition coefficient (Wildman–Crippen LogP) is 3.23. The average Bonchev–Trinajstić information content (AvgIpc) is 2.76.